The lowest BCUT2D eigenvalue weighted by molar-refractivity contribution is 0.224. The molecule has 0 N–H and O–H groups in total. The Hall–Kier alpha value is -0.940. The maximum absolute atomic E-state index is 11.6. The van der Waals surface area contributed by atoms with Crippen LogP contribution in [-0.2, 0) is 16.4 Å². The van der Waals surface area contributed by atoms with Gasteiger partial charge in [-0.05, 0) is 25.6 Å². The molecule has 1 rings (SSSR count). The molecule has 1 heterocycles. The molecule has 0 fully saturated rings. The van der Waals surface area contributed by atoms with E-state index >= 15 is 0 Å². The highest BCUT2D eigenvalue weighted by molar-refractivity contribution is 7.91. The van der Waals surface area contributed by atoms with Gasteiger partial charge in [0, 0.05) is 24.5 Å². The summed E-state index contributed by atoms with van der Waals surface area (Å²) >= 11 is 0. The molecule has 0 saturated carbocycles. The van der Waals surface area contributed by atoms with Gasteiger partial charge < -0.3 is 0 Å². The summed E-state index contributed by atoms with van der Waals surface area (Å²) in [4.78, 5) is 6.41. The maximum Gasteiger partial charge on any atom is 0.151 e. The number of nitrogens with zero attached hydrogens (tertiary/aromatic N) is 2. The molecule has 18 heavy (non-hydrogen) atoms. The quantitative estimate of drug-likeness (QED) is 0.757. The van der Waals surface area contributed by atoms with Crippen molar-refractivity contribution in [2.45, 2.75) is 33.4 Å². The minimum Gasteiger partial charge on any atom is -0.294 e. The molecule has 1 aromatic rings. The lowest BCUT2D eigenvalue weighted by atomic mass is 10.2. The van der Waals surface area contributed by atoms with Crippen LogP contribution in [0.4, 0.5) is 0 Å². The first-order valence-corrected chi connectivity index (χ1v) is 8.15. The van der Waals surface area contributed by atoms with Crippen LogP contribution in [-0.4, -0.2) is 42.4 Å². The number of pyridine rings is 1. The molecule has 1 atom stereocenters. The molecule has 0 amide bonds. The fourth-order valence-corrected chi connectivity index (χ4v) is 3.05. The highest BCUT2D eigenvalue weighted by atomic mass is 32.2. The fourth-order valence-electron chi connectivity index (χ4n) is 1.87. The SMILES string of the molecule is CCN(Cc1ccccn1)[C@@H](C)CS(=O)(=O)CC. The zero-order valence-corrected chi connectivity index (χ0v) is 12.2. The van der Waals surface area contributed by atoms with Gasteiger partial charge in [0.05, 0.1) is 11.4 Å². The van der Waals surface area contributed by atoms with E-state index in [4.69, 9.17) is 0 Å². The highest BCUT2D eigenvalue weighted by Crippen LogP contribution is 2.08. The third-order valence-electron chi connectivity index (χ3n) is 3.06. The molecule has 0 spiro atoms. The summed E-state index contributed by atoms with van der Waals surface area (Å²) in [6.45, 7) is 7.20. The highest BCUT2D eigenvalue weighted by Gasteiger charge is 2.19. The Morgan fingerprint density at radius 1 is 1.33 bits per heavy atom. The molecule has 4 nitrogen and oxygen atoms in total. The van der Waals surface area contributed by atoms with E-state index in [0.29, 0.717) is 6.54 Å². The Morgan fingerprint density at radius 3 is 2.56 bits per heavy atom. The third-order valence-corrected chi connectivity index (χ3v) is 4.93. The lowest BCUT2D eigenvalue weighted by Crippen LogP contribution is -2.38. The van der Waals surface area contributed by atoms with Gasteiger partial charge in [-0.25, -0.2) is 8.42 Å². The minimum atomic E-state index is -2.93. The first-order valence-electron chi connectivity index (χ1n) is 6.33. The second-order valence-electron chi connectivity index (χ2n) is 4.43. The van der Waals surface area contributed by atoms with Crippen molar-refractivity contribution >= 4 is 9.84 Å². The van der Waals surface area contributed by atoms with Crippen LogP contribution in [0.15, 0.2) is 24.4 Å². The summed E-state index contributed by atoms with van der Waals surface area (Å²) in [5, 5.41) is 0. The molecule has 0 aliphatic heterocycles. The number of aromatic nitrogens is 1. The Morgan fingerprint density at radius 2 is 2.06 bits per heavy atom. The van der Waals surface area contributed by atoms with Crippen LogP contribution in [0.1, 0.15) is 26.5 Å². The maximum atomic E-state index is 11.6. The lowest BCUT2D eigenvalue weighted by Gasteiger charge is -2.27. The van der Waals surface area contributed by atoms with Crippen molar-refractivity contribution in [3.8, 4) is 0 Å². The number of hydrogen-bond donors (Lipinski definition) is 0. The average Bonchev–Trinajstić information content (AvgIpc) is 2.36. The van der Waals surface area contributed by atoms with Gasteiger partial charge in [0.2, 0.25) is 0 Å². The van der Waals surface area contributed by atoms with Crippen LogP contribution in [0.5, 0.6) is 0 Å². The summed E-state index contributed by atoms with van der Waals surface area (Å²) in [5.41, 5.74) is 0.972. The Bertz CT molecular complexity index is 445. The smallest absolute Gasteiger partial charge is 0.151 e. The number of sulfone groups is 1. The Kier molecular flexibility index (Phi) is 5.75. The second kappa shape index (κ2) is 6.85. The third kappa shape index (κ3) is 4.74. The van der Waals surface area contributed by atoms with Gasteiger partial charge in [-0.3, -0.25) is 9.88 Å². The van der Waals surface area contributed by atoms with Gasteiger partial charge in [0.25, 0.3) is 0 Å². The fraction of sp³-hybridized carbons (Fsp3) is 0.615. The molecule has 0 aliphatic carbocycles. The van der Waals surface area contributed by atoms with E-state index in [0.717, 1.165) is 12.2 Å². The van der Waals surface area contributed by atoms with Gasteiger partial charge >= 0.3 is 0 Å². The summed E-state index contributed by atoms with van der Waals surface area (Å²) < 4.78 is 23.3. The van der Waals surface area contributed by atoms with E-state index in [1.165, 1.54) is 0 Å². The van der Waals surface area contributed by atoms with Gasteiger partial charge in [-0.2, -0.15) is 0 Å². The van der Waals surface area contributed by atoms with Crippen LogP contribution in [0.2, 0.25) is 0 Å². The molecule has 0 unspecified atom stereocenters. The van der Waals surface area contributed by atoms with Gasteiger partial charge in [0.15, 0.2) is 9.84 Å². The molecule has 0 saturated heterocycles. The number of rotatable bonds is 7. The number of hydrogen-bond acceptors (Lipinski definition) is 4. The van der Waals surface area contributed by atoms with E-state index in [-0.39, 0.29) is 17.5 Å². The predicted molar refractivity (Wildman–Crippen MR) is 74.1 cm³/mol. The summed E-state index contributed by atoms with van der Waals surface area (Å²) in [7, 11) is -2.93. The Labute approximate surface area is 110 Å². The van der Waals surface area contributed by atoms with Crippen LogP contribution >= 0.6 is 0 Å². The first kappa shape index (κ1) is 15.1. The molecule has 0 aromatic carbocycles. The molecule has 5 heteroatoms. The zero-order valence-electron chi connectivity index (χ0n) is 11.3. The Balaban J connectivity index is 2.66. The van der Waals surface area contributed by atoms with Gasteiger partial charge in [0.1, 0.15) is 0 Å². The molecule has 1 aromatic heterocycles. The summed E-state index contributed by atoms with van der Waals surface area (Å²) in [6, 6.07) is 5.81. The standard InChI is InChI=1S/C13H22N2O2S/c1-4-15(10-13-8-6-7-9-14-13)12(3)11-18(16,17)5-2/h6-9,12H,4-5,10-11H2,1-3H3/t12-/m0/s1. The van der Waals surface area contributed by atoms with Crippen molar-refractivity contribution in [3.63, 3.8) is 0 Å². The van der Waals surface area contributed by atoms with Crippen molar-refractivity contribution < 1.29 is 8.42 Å². The summed E-state index contributed by atoms with van der Waals surface area (Å²) in [5.74, 6) is 0.419. The molecular weight excluding hydrogens is 248 g/mol. The summed E-state index contributed by atoms with van der Waals surface area (Å²) in [6.07, 6.45) is 1.76. The van der Waals surface area contributed by atoms with E-state index in [1.807, 2.05) is 32.0 Å². The van der Waals surface area contributed by atoms with Crippen molar-refractivity contribution in [2.24, 2.45) is 0 Å². The normalized spacial score (nSPS) is 13.8. The first-order chi connectivity index (χ1) is 8.48. The predicted octanol–water partition coefficient (Wildman–Crippen LogP) is 1.73. The van der Waals surface area contributed by atoms with Crippen molar-refractivity contribution in [2.75, 3.05) is 18.1 Å². The zero-order chi connectivity index (χ0) is 13.6. The van der Waals surface area contributed by atoms with Crippen LogP contribution in [0.25, 0.3) is 0 Å². The van der Waals surface area contributed by atoms with E-state index in [2.05, 4.69) is 9.88 Å². The van der Waals surface area contributed by atoms with Crippen LogP contribution < -0.4 is 0 Å². The molecular formula is C13H22N2O2S. The van der Waals surface area contributed by atoms with Crippen LogP contribution in [0, 0.1) is 0 Å². The van der Waals surface area contributed by atoms with Gasteiger partial charge in [-0.1, -0.05) is 19.9 Å². The van der Waals surface area contributed by atoms with Crippen molar-refractivity contribution in [1.29, 1.82) is 0 Å². The average molecular weight is 270 g/mol. The van der Waals surface area contributed by atoms with Crippen molar-refractivity contribution in [3.05, 3.63) is 30.1 Å². The van der Waals surface area contributed by atoms with Gasteiger partial charge in [-0.15, -0.1) is 0 Å². The van der Waals surface area contributed by atoms with E-state index in [1.54, 1.807) is 13.1 Å². The largest absolute Gasteiger partial charge is 0.294 e. The topological polar surface area (TPSA) is 50.3 Å². The van der Waals surface area contributed by atoms with E-state index < -0.39 is 9.84 Å². The van der Waals surface area contributed by atoms with Crippen molar-refractivity contribution in [1.82, 2.24) is 9.88 Å². The minimum absolute atomic E-state index is 0.0157. The molecule has 0 aliphatic rings. The van der Waals surface area contributed by atoms with Crippen LogP contribution in [0.3, 0.4) is 0 Å². The monoisotopic (exact) mass is 270 g/mol. The molecule has 102 valence electrons. The second-order valence-corrected chi connectivity index (χ2v) is 6.83. The van der Waals surface area contributed by atoms with E-state index in [9.17, 15) is 8.42 Å². The molecule has 0 bridgehead atoms. The molecule has 0 radical (unpaired) electrons.